The number of hydrogen-bond acceptors (Lipinski definition) is 0. The Morgan fingerprint density at radius 2 is 1.08 bits per heavy atom. The van der Waals surface area contributed by atoms with Crippen LogP contribution in [0.25, 0.3) is 0 Å². The molecule has 2 saturated carbocycles. The van der Waals surface area contributed by atoms with Crippen LogP contribution in [0.2, 0.25) is 0 Å². The maximum Gasteiger partial charge on any atom is -0.0236 e. The molecule has 0 atom stereocenters. The van der Waals surface area contributed by atoms with Gasteiger partial charge in [0.15, 0.2) is 0 Å². The molecule has 0 unspecified atom stereocenters. The fourth-order valence-corrected chi connectivity index (χ4v) is 1.87. The van der Waals surface area contributed by atoms with E-state index in [0.29, 0.717) is 0 Å². The van der Waals surface area contributed by atoms with Crippen LogP contribution in [0.15, 0.2) is 25.3 Å². The molecule has 0 aromatic carbocycles. The third-order valence-corrected chi connectivity index (χ3v) is 3.22. The van der Waals surface area contributed by atoms with Crippen molar-refractivity contribution in [1.29, 1.82) is 0 Å². The van der Waals surface area contributed by atoms with Gasteiger partial charge >= 0.3 is 0 Å². The summed E-state index contributed by atoms with van der Waals surface area (Å²) in [6, 6.07) is 0. The van der Waals surface area contributed by atoms with E-state index < -0.39 is 0 Å². The molecule has 0 bridgehead atoms. The molecule has 74 valence electrons. The van der Waals surface area contributed by atoms with E-state index in [1.54, 1.807) is 0 Å². The number of hydrogen-bond donors (Lipinski definition) is 0. The van der Waals surface area contributed by atoms with Gasteiger partial charge in [-0.2, -0.15) is 0 Å². The lowest BCUT2D eigenvalue weighted by molar-refractivity contribution is 0.388. The summed E-state index contributed by atoms with van der Waals surface area (Å²) in [6.07, 6.45) is 14.0. The second-order valence-corrected chi connectivity index (χ2v) is 4.21. The van der Waals surface area contributed by atoms with Crippen LogP contribution in [-0.4, -0.2) is 0 Å². The van der Waals surface area contributed by atoms with E-state index in [0.717, 1.165) is 11.8 Å². The first kappa shape index (κ1) is 10.6. The Kier molecular flexibility index (Phi) is 4.88. The second kappa shape index (κ2) is 6.01. The summed E-state index contributed by atoms with van der Waals surface area (Å²) in [6.45, 7) is 7.43. The summed E-state index contributed by atoms with van der Waals surface area (Å²) in [5.41, 5.74) is 0. The lowest BCUT2D eigenvalue weighted by Gasteiger charge is -2.20. The number of allylic oxidation sites excluding steroid dienone is 2. The minimum absolute atomic E-state index is 0.861. The molecular formula is C13H22. The zero-order valence-electron chi connectivity index (χ0n) is 8.67. The molecule has 0 spiro atoms. The van der Waals surface area contributed by atoms with Gasteiger partial charge in [-0.15, -0.1) is 13.2 Å². The molecule has 0 nitrogen and oxygen atoms in total. The average Bonchev–Trinajstić information content (AvgIpc) is 2.54. The Morgan fingerprint density at radius 1 is 0.692 bits per heavy atom. The summed E-state index contributed by atoms with van der Waals surface area (Å²) in [5, 5.41) is 0. The zero-order valence-corrected chi connectivity index (χ0v) is 8.67. The van der Waals surface area contributed by atoms with Crippen LogP contribution in [0.4, 0.5) is 0 Å². The summed E-state index contributed by atoms with van der Waals surface area (Å²) >= 11 is 0. The van der Waals surface area contributed by atoms with E-state index in [9.17, 15) is 0 Å². The minimum Gasteiger partial charge on any atom is -0.103 e. The van der Waals surface area contributed by atoms with Gasteiger partial charge in [-0.05, 0) is 37.5 Å². The smallest absolute Gasteiger partial charge is 0.0236 e. The quantitative estimate of drug-likeness (QED) is 0.552. The highest BCUT2D eigenvalue weighted by Gasteiger charge is 2.11. The first-order valence-corrected chi connectivity index (χ1v) is 5.62. The molecule has 13 heavy (non-hydrogen) atoms. The van der Waals surface area contributed by atoms with E-state index in [1.807, 2.05) is 0 Å². The Balaban J connectivity index is 0.000000132. The second-order valence-electron chi connectivity index (χ2n) is 4.21. The molecule has 2 aliphatic carbocycles. The standard InChI is InChI=1S/C7H12.C6H10/c1-2-7-5-3-4-6-7;1-2-6-4-3-5-6/h2,7H,1,3-6H2;2,6H,1,3-5H2. The third kappa shape index (κ3) is 3.80. The molecular weight excluding hydrogens is 156 g/mol. The lowest BCUT2D eigenvalue weighted by Crippen LogP contribution is -2.05. The first-order chi connectivity index (χ1) is 6.36. The van der Waals surface area contributed by atoms with Crippen LogP contribution in [0.1, 0.15) is 44.9 Å². The van der Waals surface area contributed by atoms with Crippen molar-refractivity contribution in [1.82, 2.24) is 0 Å². The molecule has 0 saturated heterocycles. The van der Waals surface area contributed by atoms with Gasteiger partial charge < -0.3 is 0 Å². The van der Waals surface area contributed by atoms with Crippen molar-refractivity contribution in [3.63, 3.8) is 0 Å². The average molecular weight is 178 g/mol. The Bertz CT molecular complexity index is 147. The van der Waals surface area contributed by atoms with Crippen LogP contribution >= 0.6 is 0 Å². The summed E-state index contributed by atoms with van der Waals surface area (Å²) in [4.78, 5) is 0. The zero-order chi connectivity index (χ0) is 9.52. The summed E-state index contributed by atoms with van der Waals surface area (Å²) in [7, 11) is 0. The fraction of sp³-hybridized carbons (Fsp3) is 0.692. The molecule has 0 aromatic heterocycles. The topological polar surface area (TPSA) is 0 Å². The van der Waals surface area contributed by atoms with Crippen molar-refractivity contribution in [3.8, 4) is 0 Å². The van der Waals surface area contributed by atoms with Gasteiger partial charge in [-0.25, -0.2) is 0 Å². The Hall–Kier alpha value is -0.520. The summed E-state index contributed by atoms with van der Waals surface area (Å²) in [5.74, 6) is 1.74. The van der Waals surface area contributed by atoms with Gasteiger partial charge in [0.25, 0.3) is 0 Å². The maximum atomic E-state index is 3.74. The minimum atomic E-state index is 0.861. The predicted molar refractivity (Wildman–Crippen MR) is 59.7 cm³/mol. The highest BCUT2D eigenvalue weighted by atomic mass is 14.2. The molecule has 0 radical (unpaired) electrons. The third-order valence-electron chi connectivity index (χ3n) is 3.22. The van der Waals surface area contributed by atoms with E-state index in [-0.39, 0.29) is 0 Å². The molecule has 0 amide bonds. The predicted octanol–water partition coefficient (Wildman–Crippen LogP) is 4.34. The van der Waals surface area contributed by atoms with Crippen molar-refractivity contribution < 1.29 is 0 Å². The molecule has 2 aliphatic rings. The van der Waals surface area contributed by atoms with Crippen LogP contribution in [0, 0.1) is 11.8 Å². The van der Waals surface area contributed by atoms with Crippen molar-refractivity contribution in [2.45, 2.75) is 44.9 Å². The van der Waals surface area contributed by atoms with Crippen LogP contribution in [0.5, 0.6) is 0 Å². The van der Waals surface area contributed by atoms with E-state index in [2.05, 4.69) is 25.3 Å². The highest BCUT2D eigenvalue weighted by Crippen LogP contribution is 2.26. The molecule has 0 heterocycles. The molecule has 2 fully saturated rings. The Labute approximate surface area is 82.7 Å². The SMILES string of the molecule is C=CC1CCC1.C=CC1CCCC1. The maximum absolute atomic E-state index is 3.74. The van der Waals surface area contributed by atoms with E-state index in [1.165, 1.54) is 44.9 Å². The Morgan fingerprint density at radius 3 is 1.23 bits per heavy atom. The van der Waals surface area contributed by atoms with Crippen LogP contribution in [0.3, 0.4) is 0 Å². The monoisotopic (exact) mass is 178 g/mol. The molecule has 0 N–H and O–H groups in total. The van der Waals surface area contributed by atoms with Gasteiger partial charge in [0.2, 0.25) is 0 Å². The van der Waals surface area contributed by atoms with Crippen molar-refractivity contribution in [2.75, 3.05) is 0 Å². The molecule has 2 rings (SSSR count). The number of rotatable bonds is 2. The van der Waals surface area contributed by atoms with Gasteiger partial charge in [-0.1, -0.05) is 31.4 Å². The molecule has 0 aromatic rings. The largest absolute Gasteiger partial charge is 0.103 e. The van der Waals surface area contributed by atoms with Gasteiger partial charge in [0.1, 0.15) is 0 Å². The van der Waals surface area contributed by atoms with E-state index in [4.69, 9.17) is 0 Å². The van der Waals surface area contributed by atoms with Gasteiger partial charge in [0, 0.05) is 0 Å². The molecule has 0 heteroatoms. The van der Waals surface area contributed by atoms with Crippen molar-refractivity contribution in [2.24, 2.45) is 11.8 Å². The fourth-order valence-electron chi connectivity index (χ4n) is 1.87. The summed E-state index contributed by atoms with van der Waals surface area (Å²) < 4.78 is 0. The van der Waals surface area contributed by atoms with Crippen LogP contribution < -0.4 is 0 Å². The van der Waals surface area contributed by atoms with Gasteiger partial charge in [0.05, 0.1) is 0 Å². The van der Waals surface area contributed by atoms with Crippen LogP contribution in [-0.2, 0) is 0 Å². The first-order valence-electron chi connectivity index (χ1n) is 5.62. The van der Waals surface area contributed by atoms with E-state index >= 15 is 0 Å². The van der Waals surface area contributed by atoms with Crippen molar-refractivity contribution in [3.05, 3.63) is 25.3 Å². The molecule has 0 aliphatic heterocycles. The van der Waals surface area contributed by atoms with Gasteiger partial charge in [-0.3, -0.25) is 0 Å². The normalized spacial score (nSPS) is 22.8. The highest BCUT2D eigenvalue weighted by molar-refractivity contribution is 4.84. The lowest BCUT2D eigenvalue weighted by atomic mass is 9.86. The van der Waals surface area contributed by atoms with Crippen molar-refractivity contribution >= 4 is 0 Å².